The number of nitrogens with zero attached hydrogens (tertiary/aromatic N) is 2. The molecule has 8 heteroatoms. The van der Waals surface area contributed by atoms with Crippen molar-refractivity contribution in [2.75, 3.05) is 13.7 Å². The summed E-state index contributed by atoms with van der Waals surface area (Å²) < 4.78 is 36.0. The highest BCUT2D eigenvalue weighted by Gasteiger charge is 2.17. The Labute approximate surface area is 189 Å². The van der Waals surface area contributed by atoms with Crippen molar-refractivity contribution in [3.63, 3.8) is 0 Å². The molecular formula is C24H20F2N2O3S. The van der Waals surface area contributed by atoms with Crippen LogP contribution in [-0.4, -0.2) is 29.0 Å². The number of aryl methyl sites for hydroxylation is 1. The second-order valence-electron chi connectivity index (χ2n) is 7.16. The first kappa shape index (κ1) is 23.3. The van der Waals surface area contributed by atoms with Crippen LogP contribution in [0.3, 0.4) is 0 Å². The van der Waals surface area contributed by atoms with Crippen LogP contribution in [0.2, 0.25) is 0 Å². The molecule has 0 fully saturated rings. The number of carbonyl (C=O) groups is 1. The number of ether oxygens (including phenoxy) is 1. The van der Waals surface area contributed by atoms with E-state index in [0.29, 0.717) is 11.1 Å². The van der Waals surface area contributed by atoms with Gasteiger partial charge in [-0.25, -0.2) is 17.9 Å². The summed E-state index contributed by atoms with van der Waals surface area (Å²) in [6.07, 6.45) is 0. The van der Waals surface area contributed by atoms with Crippen LogP contribution in [0.25, 0.3) is 11.1 Å². The predicted molar refractivity (Wildman–Crippen MR) is 118 cm³/mol. The summed E-state index contributed by atoms with van der Waals surface area (Å²) in [6.45, 7) is 1.52. The van der Waals surface area contributed by atoms with Crippen molar-refractivity contribution >= 4 is 17.9 Å². The van der Waals surface area contributed by atoms with E-state index in [1.807, 2.05) is 48.6 Å². The van der Waals surface area contributed by atoms with Crippen LogP contribution in [0, 0.1) is 29.9 Å². The lowest BCUT2D eigenvalue weighted by atomic mass is 9.99. The average Bonchev–Trinajstić information content (AvgIpc) is 2.73. The van der Waals surface area contributed by atoms with Crippen molar-refractivity contribution < 1.29 is 23.4 Å². The molecule has 0 amide bonds. The molecule has 32 heavy (non-hydrogen) atoms. The third-order valence-electron chi connectivity index (χ3n) is 4.48. The first-order chi connectivity index (χ1) is 15.2. The predicted octanol–water partition coefficient (Wildman–Crippen LogP) is 5.41. The Morgan fingerprint density at radius 1 is 1.19 bits per heavy atom. The molecule has 3 aromatic carbocycles. The Kier molecular flexibility index (Phi) is 7.46. The van der Waals surface area contributed by atoms with Gasteiger partial charge >= 0.3 is 5.97 Å². The molecule has 0 bridgehead atoms. The molecule has 164 valence electrons. The fourth-order valence-corrected chi connectivity index (χ4v) is 4.08. The Bertz CT molecular complexity index is 1190. The summed E-state index contributed by atoms with van der Waals surface area (Å²) in [6, 6.07) is 16.1. The highest BCUT2D eigenvalue weighted by atomic mass is 32.2. The zero-order valence-corrected chi connectivity index (χ0v) is 18.2. The van der Waals surface area contributed by atoms with Gasteiger partial charge < -0.3 is 9.84 Å². The minimum Gasteiger partial charge on any atom is -0.481 e. The van der Waals surface area contributed by atoms with Crippen LogP contribution in [0.1, 0.15) is 16.7 Å². The van der Waals surface area contributed by atoms with Gasteiger partial charge in [-0.05, 0) is 73.4 Å². The maximum Gasteiger partial charge on any atom is 0.341 e. The van der Waals surface area contributed by atoms with E-state index in [4.69, 9.17) is 15.1 Å². The Morgan fingerprint density at radius 2 is 1.97 bits per heavy atom. The summed E-state index contributed by atoms with van der Waals surface area (Å²) >= 11 is 1.44. The van der Waals surface area contributed by atoms with Crippen LogP contribution < -0.4 is 4.74 Å². The van der Waals surface area contributed by atoms with E-state index in [0.717, 1.165) is 22.6 Å². The highest BCUT2D eigenvalue weighted by Crippen LogP contribution is 2.35. The first-order valence-electron chi connectivity index (χ1n) is 9.59. The zero-order valence-electron chi connectivity index (χ0n) is 17.4. The van der Waals surface area contributed by atoms with Crippen LogP contribution in [0.5, 0.6) is 5.75 Å². The van der Waals surface area contributed by atoms with Crippen molar-refractivity contribution in [1.29, 1.82) is 5.26 Å². The summed E-state index contributed by atoms with van der Waals surface area (Å²) in [5, 5.41) is 18.1. The summed E-state index contributed by atoms with van der Waals surface area (Å²) in [5.41, 5.74) is 2.09. The topological polar surface area (TPSA) is 73.6 Å². The lowest BCUT2D eigenvalue weighted by Crippen LogP contribution is -2.12. The minimum absolute atomic E-state index is 0.0443. The summed E-state index contributed by atoms with van der Waals surface area (Å²) in [4.78, 5) is 11.9. The van der Waals surface area contributed by atoms with Crippen LogP contribution in [-0.2, 0) is 11.3 Å². The molecule has 1 N–H and O–H groups in total. The third-order valence-corrected chi connectivity index (χ3v) is 5.39. The molecule has 0 saturated carbocycles. The number of hydrogen-bond donors (Lipinski definition) is 1. The van der Waals surface area contributed by atoms with Gasteiger partial charge in [-0.1, -0.05) is 12.1 Å². The van der Waals surface area contributed by atoms with E-state index in [1.54, 1.807) is 0 Å². The van der Waals surface area contributed by atoms with E-state index in [9.17, 15) is 13.6 Å². The molecule has 5 nitrogen and oxygen atoms in total. The van der Waals surface area contributed by atoms with Gasteiger partial charge in [0.1, 0.15) is 17.4 Å². The van der Waals surface area contributed by atoms with E-state index in [-0.39, 0.29) is 23.4 Å². The largest absolute Gasteiger partial charge is 0.481 e. The highest BCUT2D eigenvalue weighted by molar-refractivity contribution is 7.97. The number of carboxylic acid groups (broad SMARTS) is 1. The van der Waals surface area contributed by atoms with Gasteiger partial charge in [0.2, 0.25) is 0 Å². The SMILES string of the molecule is Cc1cccc(SN(C)Cc2cc(-c3cc(F)cc(C#N)c3)c(OCC(=O)O)cc2F)c1. The molecule has 0 saturated heterocycles. The molecule has 0 spiro atoms. The number of aliphatic carboxylic acids is 1. The molecule has 0 aromatic heterocycles. The standard InChI is InChI=1S/C24H20F2N2O3S/c1-15-4-3-5-20(6-15)32-28(2)13-18-10-21(17-7-16(12-27)8-19(25)9-17)23(11-22(18)26)31-14-24(29)30/h3-11H,13-14H2,1-2H3,(H,29,30). The Balaban J connectivity index is 1.97. The molecular weight excluding hydrogens is 434 g/mol. The summed E-state index contributed by atoms with van der Waals surface area (Å²) in [7, 11) is 1.82. The average molecular weight is 454 g/mol. The third kappa shape index (κ3) is 6.06. The number of rotatable bonds is 8. The minimum atomic E-state index is -1.23. The molecule has 0 heterocycles. The van der Waals surface area contributed by atoms with E-state index in [1.165, 1.54) is 30.1 Å². The van der Waals surface area contributed by atoms with E-state index in [2.05, 4.69) is 0 Å². The second kappa shape index (κ2) is 10.3. The molecule has 0 radical (unpaired) electrons. The second-order valence-corrected chi connectivity index (χ2v) is 8.43. The number of benzene rings is 3. The van der Waals surface area contributed by atoms with Gasteiger partial charge in [-0.15, -0.1) is 0 Å². The summed E-state index contributed by atoms with van der Waals surface area (Å²) in [5.74, 6) is -2.49. The number of carboxylic acids is 1. The molecule has 0 aliphatic rings. The smallest absolute Gasteiger partial charge is 0.341 e. The van der Waals surface area contributed by atoms with E-state index >= 15 is 0 Å². The van der Waals surface area contributed by atoms with Gasteiger partial charge in [0.25, 0.3) is 0 Å². The molecule has 0 aliphatic heterocycles. The van der Waals surface area contributed by atoms with Gasteiger partial charge in [0, 0.05) is 28.6 Å². The van der Waals surface area contributed by atoms with Gasteiger partial charge in [-0.3, -0.25) is 0 Å². The molecule has 0 aliphatic carbocycles. The number of halogens is 2. The van der Waals surface area contributed by atoms with Crippen molar-refractivity contribution in [3.05, 3.63) is 82.9 Å². The first-order valence-corrected chi connectivity index (χ1v) is 10.4. The number of hydrogen-bond acceptors (Lipinski definition) is 5. The van der Waals surface area contributed by atoms with Gasteiger partial charge in [0.05, 0.1) is 11.6 Å². The quantitative estimate of drug-likeness (QED) is 0.459. The zero-order chi connectivity index (χ0) is 23.3. The molecule has 0 atom stereocenters. The lowest BCUT2D eigenvalue weighted by Gasteiger charge is -2.19. The van der Waals surface area contributed by atoms with Gasteiger partial charge in [-0.2, -0.15) is 5.26 Å². The number of nitriles is 1. The molecule has 3 aromatic rings. The fraction of sp³-hybridized carbons (Fsp3) is 0.167. The van der Waals surface area contributed by atoms with Crippen molar-refractivity contribution in [1.82, 2.24) is 4.31 Å². The maximum absolute atomic E-state index is 14.9. The Morgan fingerprint density at radius 3 is 2.66 bits per heavy atom. The molecule has 0 unspecified atom stereocenters. The van der Waals surface area contributed by atoms with Crippen molar-refractivity contribution in [2.24, 2.45) is 0 Å². The van der Waals surface area contributed by atoms with Gasteiger partial charge in [0.15, 0.2) is 6.61 Å². The fourth-order valence-electron chi connectivity index (χ4n) is 3.14. The van der Waals surface area contributed by atoms with Crippen molar-refractivity contribution in [2.45, 2.75) is 18.4 Å². The van der Waals surface area contributed by atoms with Crippen LogP contribution in [0.4, 0.5) is 8.78 Å². The monoisotopic (exact) mass is 454 g/mol. The van der Waals surface area contributed by atoms with E-state index < -0.39 is 24.2 Å². The van der Waals surface area contributed by atoms with Crippen LogP contribution >= 0.6 is 11.9 Å². The normalized spacial score (nSPS) is 10.8. The Hall–Kier alpha value is -3.41. The van der Waals surface area contributed by atoms with Crippen LogP contribution in [0.15, 0.2) is 59.5 Å². The lowest BCUT2D eigenvalue weighted by molar-refractivity contribution is -0.139. The van der Waals surface area contributed by atoms with Crippen molar-refractivity contribution in [3.8, 4) is 22.9 Å². The maximum atomic E-state index is 14.9. The molecule has 3 rings (SSSR count).